The first-order chi connectivity index (χ1) is 5.24. The summed E-state index contributed by atoms with van der Waals surface area (Å²) >= 11 is 1.88. The SMILES string of the molecule is CCOc1cc(F)c(I)cn1. The molecule has 0 fully saturated rings. The van der Waals surface area contributed by atoms with Crippen LogP contribution in [0.4, 0.5) is 4.39 Å². The zero-order chi connectivity index (χ0) is 8.27. The summed E-state index contributed by atoms with van der Waals surface area (Å²) in [7, 11) is 0. The Hall–Kier alpha value is -0.390. The van der Waals surface area contributed by atoms with Gasteiger partial charge in [-0.05, 0) is 29.5 Å². The largest absolute Gasteiger partial charge is 0.478 e. The molecule has 1 aromatic heterocycles. The van der Waals surface area contributed by atoms with Crippen LogP contribution in [0.1, 0.15) is 6.92 Å². The average molecular weight is 267 g/mol. The first-order valence-electron chi connectivity index (χ1n) is 3.18. The molecule has 0 saturated carbocycles. The van der Waals surface area contributed by atoms with Crippen LogP contribution in [0.25, 0.3) is 0 Å². The highest BCUT2D eigenvalue weighted by Crippen LogP contribution is 2.14. The Morgan fingerprint density at radius 1 is 1.73 bits per heavy atom. The minimum Gasteiger partial charge on any atom is -0.478 e. The zero-order valence-electron chi connectivity index (χ0n) is 5.97. The second kappa shape index (κ2) is 3.85. The molecule has 0 aliphatic carbocycles. The highest BCUT2D eigenvalue weighted by atomic mass is 127. The third kappa shape index (κ3) is 2.28. The summed E-state index contributed by atoms with van der Waals surface area (Å²) in [5.74, 6) is 0.0504. The highest BCUT2D eigenvalue weighted by Gasteiger charge is 2.00. The first-order valence-corrected chi connectivity index (χ1v) is 4.25. The van der Waals surface area contributed by atoms with Crippen molar-refractivity contribution in [3.05, 3.63) is 21.7 Å². The summed E-state index contributed by atoms with van der Waals surface area (Å²) in [5, 5.41) is 0. The lowest BCUT2D eigenvalue weighted by Gasteiger charge is -2.00. The summed E-state index contributed by atoms with van der Waals surface area (Å²) in [6.07, 6.45) is 1.45. The highest BCUT2D eigenvalue weighted by molar-refractivity contribution is 14.1. The van der Waals surface area contributed by atoms with Crippen LogP contribution in [0, 0.1) is 9.39 Å². The van der Waals surface area contributed by atoms with Crippen LogP contribution in [0.3, 0.4) is 0 Å². The van der Waals surface area contributed by atoms with E-state index in [0.29, 0.717) is 16.1 Å². The van der Waals surface area contributed by atoms with Crippen molar-refractivity contribution >= 4 is 22.6 Å². The number of nitrogens with zero attached hydrogens (tertiary/aromatic N) is 1. The number of hydrogen-bond donors (Lipinski definition) is 0. The fraction of sp³-hybridized carbons (Fsp3) is 0.286. The van der Waals surface area contributed by atoms with Crippen LogP contribution in [0.15, 0.2) is 12.3 Å². The van der Waals surface area contributed by atoms with Crippen molar-refractivity contribution in [1.29, 1.82) is 0 Å². The van der Waals surface area contributed by atoms with Crippen LogP contribution in [-0.2, 0) is 0 Å². The van der Waals surface area contributed by atoms with Gasteiger partial charge in [-0.1, -0.05) is 0 Å². The number of pyridine rings is 1. The van der Waals surface area contributed by atoms with E-state index in [1.54, 1.807) is 0 Å². The fourth-order valence-electron chi connectivity index (χ4n) is 0.623. The van der Waals surface area contributed by atoms with Gasteiger partial charge in [0.05, 0.1) is 10.2 Å². The van der Waals surface area contributed by atoms with Crippen molar-refractivity contribution in [3.63, 3.8) is 0 Å². The molecule has 0 atom stereocenters. The van der Waals surface area contributed by atoms with E-state index in [9.17, 15) is 4.39 Å². The van der Waals surface area contributed by atoms with Crippen molar-refractivity contribution in [1.82, 2.24) is 4.98 Å². The molecule has 0 aliphatic heterocycles. The van der Waals surface area contributed by atoms with Gasteiger partial charge in [0, 0.05) is 12.3 Å². The maximum Gasteiger partial charge on any atom is 0.216 e. The predicted molar refractivity (Wildman–Crippen MR) is 48.1 cm³/mol. The smallest absolute Gasteiger partial charge is 0.216 e. The molecule has 0 spiro atoms. The average Bonchev–Trinajstić information content (AvgIpc) is 1.98. The van der Waals surface area contributed by atoms with Gasteiger partial charge >= 0.3 is 0 Å². The van der Waals surface area contributed by atoms with Gasteiger partial charge in [-0.15, -0.1) is 0 Å². The summed E-state index contributed by atoms with van der Waals surface area (Å²) in [6, 6.07) is 1.28. The van der Waals surface area contributed by atoms with Crippen molar-refractivity contribution in [2.45, 2.75) is 6.92 Å². The molecule has 0 aromatic carbocycles. The van der Waals surface area contributed by atoms with Gasteiger partial charge in [0.1, 0.15) is 5.82 Å². The van der Waals surface area contributed by atoms with E-state index in [1.807, 2.05) is 29.5 Å². The third-order valence-corrected chi connectivity index (χ3v) is 1.87. The third-order valence-electron chi connectivity index (χ3n) is 1.08. The van der Waals surface area contributed by atoms with Gasteiger partial charge in [-0.25, -0.2) is 9.37 Å². The zero-order valence-corrected chi connectivity index (χ0v) is 8.13. The van der Waals surface area contributed by atoms with E-state index in [4.69, 9.17) is 4.74 Å². The van der Waals surface area contributed by atoms with Crippen LogP contribution < -0.4 is 4.74 Å². The van der Waals surface area contributed by atoms with Crippen molar-refractivity contribution in [2.75, 3.05) is 6.61 Å². The number of ether oxygens (including phenoxy) is 1. The van der Waals surface area contributed by atoms with Crippen LogP contribution >= 0.6 is 22.6 Å². The fourth-order valence-corrected chi connectivity index (χ4v) is 0.918. The molecule has 2 nitrogen and oxygen atoms in total. The molecule has 1 heterocycles. The maximum atomic E-state index is 12.8. The van der Waals surface area contributed by atoms with E-state index in [0.717, 1.165) is 0 Å². The topological polar surface area (TPSA) is 22.1 Å². The van der Waals surface area contributed by atoms with Gasteiger partial charge in [0.25, 0.3) is 0 Å². The Kier molecular flexibility index (Phi) is 3.04. The van der Waals surface area contributed by atoms with Gasteiger partial charge in [0.2, 0.25) is 5.88 Å². The molecule has 0 unspecified atom stereocenters. The predicted octanol–water partition coefficient (Wildman–Crippen LogP) is 2.22. The minimum absolute atomic E-state index is 0.288. The molecule has 1 rings (SSSR count). The first kappa shape index (κ1) is 8.70. The van der Waals surface area contributed by atoms with Crippen molar-refractivity contribution in [2.24, 2.45) is 0 Å². The quantitative estimate of drug-likeness (QED) is 0.766. The monoisotopic (exact) mass is 267 g/mol. The van der Waals surface area contributed by atoms with E-state index >= 15 is 0 Å². The van der Waals surface area contributed by atoms with Crippen LogP contribution in [-0.4, -0.2) is 11.6 Å². The Morgan fingerprint density at radius 2 is 2.45 bits per heavy atom. The Balaban J connectivity index is 2.86. The molecular weight excluding hydrogens is 260 g/mol. The summed E-state index contributed by atoms with van der Waals surface area (Å²) in [6.45, 7) is 2.34. The number of hydrogen-bond acceptors (Lipinski definition) is 2. The maximum absolute atomic E-state index is 12.8. The molecule has 0 N–H and O–H groups in total. The molecule has 60 valence electrons. The van der Waals surface area contributed by atoms with Gasteiger partial charge in [-0.3, -0.25) is 0 Å². The molecule has 0 aliphatic rings. The summed E-state index contributed by atoms with van der Waals surface area (Å²) in [5.41, 5.74) is 0. The van der Waals surface area contributed by atoms with Crippen LogP contribution in [0.5, 0.6) is 5.88 Å². The lowest BCUT2D eigenvalue weighted by atomic mass is 10.5. The molecule has 0 bridgehead atoms. The number of rotatable bonds is 2. The molecule has 11 heavy (non-hydrogen) atoms. The molecule has 4 heteroatoms. The van der Waals surface area contributed by atoms with Crippen molar-refractivity contribution in [3.8, 4) is 5.88 Å². The van der Waals surface area contributed by atoms with E-state index in [2.05, 4.69) is 4.98 Å². The van der Waals surface area contributed by atoms with Crippen molar-refractivity contribution < 1.29 is 9.13 Å². The molecular formula is C7H7FINO. The number of aromatic nitrogens is 1. The lowest BCUT2D eigenvalue weighted by molar-refractivity contribution is 0.324. The Morgan fingerprint density at radius 3 is 3.00 bits per heavy atom. The second-order valence-corrected chi connectivity index (χ2v) is 3.03. The van der Waals surface area contributed by atoms with Gasteiger partial charge < -0.3 is 4.74 Å². The Labute approximate surface area is 77.9 Å². The second-order valence-electron chi connectivity index (χ2n) is 1.87. The minimum atomic E-state index is -0.288. The molecule has 1 aromatic rings. The summed E-state index contributed by atoms with van der Waals surface area (Å²) in [4.78, 5) is 3.86. The summed E-state index contributed by atoms with van der Waals surface area (Å²) < 4.78 is 18.3. The normalized spacial score (nSPS) is 9.73. The van der Waals surface area contributed by atoms with E-state index < -0.39 is 0 Å². The molecule has 0 radical (unpaired) electrons. The van der Waals surface area contributed by atoms with Crippen LogP contribution in [0.2, 0.25) is 0 Å². The molecule has 0 amide bonds. The van der Waals surface area contributed by atoms with Gasteiger partial charge in [-0.2, -0.15) is 0 Å². The standard InChI is InChI=1S/C7H7FINO/c1-2-11-7-3-5(8)6(9)4-10-7/h3-4H,2H2,1H3. The van der Waals surface area contributed by atoms with E-state index in [-0.39, 0.29) is 5.82 Å². The Bertz CT molecular complexity index is 254. The van der Waals surface area contributed by atoms with Gasteiger partial charge in [0.15, 0.2) is 0 Å². The van der Waals surface area contributed by atoms with E-state index in [1.165, 1.54) is 12.3 Å². The lowest BCUT2D eigenvalue weighted by Crippen LogP contribution is -1.95. The number of halogens is 2. The molecule has 0 saturated heterocycles.